The largest absolute Gasteiger partial charge is 0.354 e. The highest BCUT2D eigenvalue weighted by atomic mass is 35.5. The summed E-state index contributed by atoms with van der Waals surface area (Å²) in [6.45, 7) is 1.96. The number of halogens is 1. The van der Waals surface area contributed by atoms with Crippen LogP contribution in [0, 0.1) is 5.92 Å². The number of rotatable bonds is 7. The van der Waals surface area contributed by atoms with E-state index in [1.165, 1.54) is 0 Å². The van der Waals surface area contributed by atoms with Crippen molar-refractivity contribution in [2.45, 2.75) is 19.3 Å². The molecule has 1 heterocycles. The molecule has 25 heavy (non-hydrogen) atoms. The Morgan fingerprint density at radius 3 is 2.32 bits per heavy atom. The number of nitrogens with zero attached hydrogens (tertiary/aromatic N) is 1. The number of amides is 3. The maximum absolute atomic E-state index is 12.2. The lowest BCUT2D eigenvalue weighted by Crippen LogP contribution is -2.44. The van der Waals surface area contributed by atoms with Gasteiger partial charge < -0.3 is 15.5 Å². The Kier molecular flexibility index (Phi) is 7.73. The van der Waals surface area contributed by atoms with Crippen LogP contribution in [-0.2, 0) is 9.59 Å². The van der Waals surface area contributed by atoms with Gasteiger partial charge in [0.1, 0.15) is 0 Å². The van der Waals surface area contributed by atoms with Gasteiger partial charge in [0.05, 0.1) is 0 Å². The van der Waals surface area contributed by atoms with Crippen molar-refractivity contribution in [3.8, 4) is 0 Å². The Balaban J connectivity index is 1.63. The van der Waals surface area contributed by atoms with Crippen LogP contribution in [0.3, 0.4) is 0 Å². The molecule has 1 aliphatic heterocycles. The van der Waals surface area contributed by atoms with Gasteiger partial charge in [-0.2, -0.15) is 0 Å². The first-order chi connectivity index (χ1) is 12.1. The molecule has 3 amide bonds. The van der Waals surface area contributed by atoms with Crippen molar-refractivity contribution < 1.29 is 14.4 Å². The van der Waals surface area contributed by atoms with Crippen molar-refractivity contribution in [2.24, 2.45) is 5.92 Å². The summed E-state index contributed by atoms with van der Waals surface area (Å²) < 4.78 is 0. The Hall–Kier alpha value is -2.08. The standard InChI is InChI=1S/C18H24ClN3O3/c19-9-6-16(23)22-12-7-15(8-13-22)18(25)21-11-10-20-17(24)14-4-2-1-3-5-14/h1-5,15H,6-13H2,(H,20,24)(H,21,25). The van der Waals surface area contributed by atoms with Crippen molar-refractivity contribution in [2.75, 3.05) is 32.1 Å². The Morgan fingerprint density at radius 2 is 1.68 bits per heavy atom. The number of alkyl halides is 1. The number of hydrogen-bond donors (Lipinski definition) is 2. The highest BCUT2D eigenvalue weighted by molar-refractivity contribution is 6.18. The number of carbonyl (C=O) groups excluding carboxylic acids is 3. The fourth-order valence-electron chi connectivity index (χ4n) is 2.83. The molecule has 0 bridgehead atoms. The second-order valence-electron chi connectivity index (χ2n) is 6.01. The van der Waals surface area contributed by atoms with Crippen molar-refractivity contribution >= 4 is 29.3 Å². The zero-order chi connectivity index (χ0) is 18.1. The fourth-order valence-corrected chi connectivity index (χ4v) is 2.99. The average molecular weight is 366 g/mol. The molecule has 7 heteroatoms. The molecule has 1 aliphatic rings. The van der Waals surface area contributed by atoms with Gasteiger partial charge in [-0.3, -0.25) is 14.4 Å². The average Bonchev–Trinajstić information content (AvgIpc) is 2.66. The third-order valence-corrected chi connectivity index (χ3v) is 4.46. The van der Waals surface area contributed by atoms with Crippen LogP contribution in [0.4, 0.5) is 0 Å². The van der Waals surface area contributed by atoms with E-state index in [9.17, 15) is 14.4 Å². The SMILES string of the molecule is O=C(NCCNC(=O)C1CCN(C(=O)CCCl)CC1)c1ccccc1. The van der Waals surface area contributed by atoms with Gasteiger partial charge in [-0.05, 0) is 25.0 Å². The normalized spacial score (nSPS) is 14.8. The molecule has 2 rings (SSSR count). The summed E-state index contributed by atoms with van der Waals surface area (Å²) in [7, 11) is 0. The molecular weight excluding hydrogens is 342 g/mol. The predicted molar refractivity (Wildman–Crippen MR) is 96.4 cm³/mol. The van der Waals surface area contributed by atoms with E-state index in [1.54, 1.807) is 29.2 Å². The van der Waals surface area contributed by atoms with Crippen LogP contribution >= 0.6 is 11.6 Å². The van der Waals surface area contributed by atoms with Crippen molar-refractivity contribution in [1.82, 2.24) is 15.5 Å². The summed E-state index contributed by atoms with van der Waals surface area (Å²) in [6.07, 6.45) is 1.67. The Morgan fingerprint density at radius 1 is 1.04 bits per heavy atom. The number of benzene rings is 1. The number of carbonyl (C=O) groups is 3. The van der Waals surface area contributed by atoms with E-state index < -0.39 is 0 Å². The molecule has 0 aliphatic carbocycles. The van der Waals surface area contributed by atoms with Crippen LogP contribution in [0.25, 0.3) is 0 Å². The van der Waals surface area contributed by atoms with Gasteiger partial charge >= 0.3 is 0 Å². The van der Waals surface area contributed by atoms with Gasteiger partial charge in [-0.1, -0.05) is 18.2 Å². The van der Waals surface area contributed by atoms with Gasteiger partial charge in [-0.15, -0.1) is 11.6 Å². The van der Waals surface area contributed by atoms with Crippen LogP contribution in [0.1, 0.15) is 29.6 Å². The van der Waals surface area contributed by atoms with Crippen molar-refractivity contribution in [3.05, 3.63) is 35.9 Å². The van der Waals surface area contributed by atoms with E-state index in [0.717, 1.165) is 0 Å². The topological polar surface area (TPSA) is 78.5 Å². The summed E-state index contributed by atoms with van der Waals surface area (Å²) in [5, 5.41) is 5.62. The third kappa shape index (κ3) is 6.05. The molecule has 1 saturated heterocycles. The van der Waals surface area contributed by atoms with Gasteiger partial charge in [0, 0.05) is 50.0 Å². The van der Waals surface area contributed by atoms with Gasteiger partial charge in [0.25, 0.3) is 5.91 Å². The lowest BCUT2D eigenvalue weighted by Gasteiger charge is -2.31. The van der Waals surface area contributed by atoms with E-state index in [2.05, 4.69) is 10.6 Å². The number of nitrogens with one attached hydrogen (secondary N) is 2. The molecule has 6 nitrogen and oxygen atoms in total. The van der Waals surface area contributed by atoms with Crippen LogP contribution in [0.5, 0.6) is 0 Å². The third-order valence-electron chi connectivity index (χ3n) is 4.27. The molecule has 1 fully saturated rings. The zero-order valence-electron chi connectivity index (χ0n) is 14.2. The van der Waals surface area contributed by atoms with E-state index in [4.69, 9.17) is 11.6 Å². The molecule has 0 unspecified atom stereocenters. The second kappa shape index (κ2) is 10.0. The molecule has 1 aromatic carbocycles. The van der Waals surface area contributed by atoms with E-state index in [0.29, 0.717) is 56.9 Å². The number of likely N-dealkylation sites (tertiary alicyclic amines) is 1. The highest BCUT2D eigenvalue weighted by Crippen LogP contribution is 2.18. The fraction of sp³-hybridized carbons (Fsp3) is 0.500. The summed E-state index contributed by atoms with van der Waals surface area (Å²) in [5.74, 6) is 0.134. The number of piperidine rings is 1. The highest BCUT2D eigenvalue weighted by Gasteiger charge is 2.26. The van der Waals surface area contributed by atoms with Crippen LogP contribution in [0.15, 0.2) is 30.3 Å². The van der Waals surface area contributed by atoms with Crippen molar-refractivity contribution in [3.63, 3.8) is 0 Å². The monoisotopic (exact) mass is 365 g/mol. The summed E-state index contributed by atoms with van der Waals surface area (Å²) >= 11 is 5.59. The summed E-state index contributed by atoms with van der Waals surface area (Å²) in [5.41, 5.74) is 0.600. The second-order valence-corrected chi connectivity index (χ2v) is 6.38. The number of hydrogen-bond acceptors (Lipinski definition) is 3. The van der Waals surface area contributed by atoms with Gasteiger partial charge in [0.2, 0.25) is 11.8 Å². The lowest BCUT2D eigenvalue weighted by molar-refractivity contribution is -0.135. The summed E-state index contributed by atoms with van der Waals surface area (Å²) in [6, 6.07) is 8.95. The maximum atomic E-state index is 12.2. The first-order valence-electron chi connectivity index (χ1n) is 8.56. The summed E-state index contributed by atoms with van der Waals surface area (Å²) in [4.78, 5) is 37.6. The Labute approximate surface area is 152 Å². The molecule has 0 spiro atoms. The van der Waals surface area contributed by atoms with Crippen molar-refractivity contribution in [1.29, 1.82) is 0 Å². The first-order valence-corrected chi connectivity index (χ1v) is 9.10. The van der Waals surface area contributed by atoms with Gasteiger partial charge in [0.15, 0.2) is 0 Å². The molecule has 0 saturated carbocycles. The van der Waals surface area contributed by atoms with Crippen LogP contribution in [-0.4, -0.2) is 54.7 Å². The molecular formula is C18H24ClN3O3. The van der Waals surface area contributed by atoms with Crippen LogP contribution < -0.4 is 10.6 Å². The molecule has 2 N–H and O–H groups in total. The first kappa shape index (κ1) is 19.2. The van der Waals surface area contributed by atoms with E-state index in [-0.39, 0.29) is 23.6 Å². The molecule has 0 aromatic heterocycles. The van der Waals surface area contributed by atoms with E-state index >= 15 is 0 Å². The Bertz CT molecular complexity index is 586. The minimum Gasteiger partial charge on any atom is -0.354 e. The molecule has 0 radical (unpaired) electrons. The maximum Gasteiger partial charge on any atom is 0.251 e. The molecule has 136 valence electrons. The smallest absolute Gasteiger partial charge is 0.251 e. The minimum absolute atomic E-state index is 0.0154. The van der Waals surface area contributed by atoms with Crippen LogP contribution in [0.2, 0.25) is 0 Å². The van der Waals surface area contributed by atoms with E-state index in [1.807, 2.05) is 6.07 Å². The quantitative estimate of drug-likeness (QED) is 0.566. The minimum atomic E-state index is -0.152. The van der Waals surface area contributed by atoms with Gasteiger partial charge in [-0.25, -0.2) is 0 Å². The molecule has 1 aromatic rings. The lowest BCUT2D eigenvalue weighted by atomic mass is 9.95. The zero-order valence-corrected chi connectivity index (χ0v) is 14.9. The molecule has 0 atom stereocenters. The predicted octanol–water partition coefficient (Wildman–Crippen LogP) is 1.40.